The van der Waals surface area contributed by atoms with E-state index in [1.165, 1.54) is 12.2 Å². The molecule has 0 saturated carbocycles. The molecule has 0 radical (unpaired) electrons. The molecule has 4 heteroatoms. The molecule has 2 N–H and O–H groups in total. The van der Waals surface area contributed by atoms with Gasteiger partial charge in [-0.1, -0.05) is 13.8 Å². The first-order chi connectivity index (χ1) is 7.29. The van der Waals surface area contributed by atoms with Crippen LogP contribution in [0.25, 0.3) is 0 Å². The zero-order chi connectivity index (χ0) is 10.7. The molecule has 15 heavy (non-hydrogen) atoms. The molecule has 1 aliphatic heterocycles. The summed E-state index contributed by atoms with van der Waals surface area (Å²) in [6, 6.07) is 1.04. The number of aromatic nitrogens is 2. The van der Waals surface area contributed by atoms with Gasteiger partial charge in [0.05, 0.1) is 6.04 Å². The van der Waals surface area contributed by atoms with E-state index in [9.17, 15) is 0 Å². The number of imidazole rings is 1. The van der Waals surface area contributed by atoms with Gasteiger partial charge in [0, 0.05) is 29.4 Å². The van der Waals surface area contributed by atoms with Gasteiger partial charge in [0.15, 0.2) is 0 Å². The molecular weight excluding hydrogens is 206 g/mol. The van der Waals surface area contributed by atoms with Crippen LogP contribution >= 0.6 is 11.8 Å². The number of hydrogen-bond acceptors (Lipinski definition) is 3. The lowest BCUT2D eigenvalue weighted by atomic mass is 10.1. The molecule has 0 aromatic carbocycles. The molecule has 3 unspecified atom stereocenters. The number of rotatable bonds is 4. The molecule has 0 aliphatic carbocycles. The van der Waals surface area contributed by atoms with Gasteiger partial charge in [0.1, 0.15) is 5.82 Å². The van der Waals surface area contributed by atoms with E-state index in [1.54, 1.807) is 0 Å². The molecule has 3 nitrogen and oxygen atoms in total. The molecule has 1 aromatic rings. The SMILES string of the molecule is CCC(NC1CSC(C)C1)c1ncc[nH]1. The number of aromatic amines is 1. The van der Waals surface area contributed by atoms with Crippen molar-refractivity contribution in [2.24, 2.45) is 0 Å². The summed E-state index contributed by atoms with van der Waals surface area (Å²) in [5.41, 5.74) is 0. The van der Waals surface area contributed by atoms with Gasteiger partial charge in [-0.3, -0.25) is 0 Å². The second-order valence-corrected chi connectivity index (χ2v) is 5.65. The Morgan fingerprint density at radius 2 is 2.60 bits per heavy atom. The highest BCUT2D eigenvalue weighted by atomic mass is 32.2. The standard InChI is InChI=1S/C11H19N3S/c1-3-10(11-12-4-5-13-11)14-9-6-8(2)15-7-9/h4-5,8-10,14H,3,6-7H2,1-2H3,(H,12,13). The maximum Gasteiger partial charge on any atom is 0.123 e. The van der Waals surface area contributed by atoms with Crippen LogP contribution in [-0.4, -0.2) is 27.0 Å². The van der Waals surface area contributed by atoms with Crippen molar-refractivity contribution in [3.8, 4) is 0 Å². The minimum Gasteiger partial charge on any atom is -0.347 e. The Morgan fingerprint density at radius 1 is 1.73 bits per heavy atom. The van der Waals surface area contributed by atoms with Gasteiger partial charge in [0.25, 0.3) is 0 Å². The summed E-state index contributed by atoms with van der Waals surface area (Å²) in [6.45, 7) is 4.51. The number of thioether (sulfide) groups is 1. The summed E-state index contributed by atoms with van der Waals surface area (Å²) in [6.07, 6.45) is 6.09. The van der Waals surface area contributed by atoms with E-state index >= 15 is 0 Å². The second-order valence-electron chi connectivity index (χ2n) is 4.18. The predicted octanol–water partition coefficient (Wildman–Crippen LogP) is 2.34. The fraction of sp³-hybridized carbons (Fsp3) is 0.727. The Bertz CT molecular complexity index is 286. The van der Waals surface area contributed by atoms with Crippen LogP contribution in [-0.2, 0) is 0 Å². The normalized spacial score (nSPS) is 28.1. The minimum atomic E-state index is 0.385. The van der Waals surface area contributed by atoms with Crippen LogP contribution in [0.5, 0.6) is 0 Å². The molecule has 1 saturated heterocycles. The van der Waals surface area contributed by atoms with Gasteiger partial charge >= 0.3 is 0 Å². The average molecular weight is 225 g/mol. The Hall–Kier alpha value is -0.480. The zero-order valence-corrected chi connectivity index (χ0v) is 10.2. The molecular formula is C11H19N3S. The lowest BCUT2D eigenvalue weighted by Gasteiger charge is -2.19. The maximum atomic E-state index is 4.32. The van der Waals surface area contributed by atoms with Crippen molar-refractivity contribution in [3.05, 3.63) is 18.2 Å². The number of nitrogens with one attached hydrogen (secondary N) is 2. The van der Waals surface area contributed by atoms with Gasteiger partial charge in [-0.2, -0.15) is 11.8 Å². The van der Waals surface area contributed by atoms with Gasteiger partial charge < -0.3 is 10.3 Å². The quantitative estimate of drug-likeness (QED) is 0.826. The fourth-order valence-corrected chi connectivity index (χ4v) is 3.24. The molecule has 1 aromatic heterocycles. The minimum absolute atomic E-state index is 0.385. The highest BCUT2D eigenvalue weighted by Crippen LogP contribution is 2.27. The van der Waals surface area contributed by atoms with Crippen LogP contribution in [0.2, 0.25) is 0 Å². The highest BCUT2D eigenvalue weighted by Gasteiger charge is 2.24. The molecule has 1 aliphatic rings. The Kier molecular flexibility index (Phi) is 3.70. The van der Waals surface area contributed by atoms with Crippen molar-refractivity contribution in [1.29, 1.82) is 0 Å². The van der Waals surface area contributed by atoms with E-state index in [1.807, 2.05) is 12.4 Å². The lowest BCUT2D eigenvalue weighted by Crippen LogP contribution is -2.33. The topological polar surface area (TPSA) is 40.7 Å². The summed E-state index contributed by atoms with van der Waals surface area (Å²) >= 11 is 2.06. The first kappa shape index (κ1) is 11.0. The van der Waals surface area contributed by atoms with E-state index in [0.717, 1.165) is 17.5 Å². The highest BCUT2D eigenvalue weighted by molar-refractivity contribution is 8.00. The molecule has 0 spiro atoms. The Balaban J connectivity index is 1.91. The lowest BCUT2D eigenvalue weighted by molar-refractivity contribution is 0.429. The molecule has 0 amide bonds. The molecule has 84 valence electrons. The third-order valence-corrected chi connectivity index (χ3v) is 4.25. The summed E-state index contributed by atoms with van der Waals surface area (Å²) < 4.78 is 0. The smallest absolute Gasteiger partial charge is 0.123 e. The summed E-state index contributed by atoms with van der Waals surface area (Å²) in [5, 5.41) is 4.49. The zero-order valence-electron chi connectivity index (χ0n) is 9.36. The van der Waals surface area contributed by atoms with Crippen molar-refractivity contribution in [1.82, 2.24) is 15.3 Å². The predicted molar refractivity (Wildman–Crippen MR) is 65.1 cm³/mol. The van der Waals surface area contributed by atoms with E-state index in [2.05, 4.69) is 40.9 Å². The Morgan fingerprint density at radius 3 is 3.13 bits per heavy atom. The van der Waals surface area contributed by atoms with E-state index in [0.29, 0.717) is 12.1 Å². The van der Waals surface area contributed by atoms with Crippen LogP contribution in [0.1, 0.15) is 38.6 Å². The molecule has 2 heterocycles. The van der Waals surface area contributed by atoms with Crippen molar-refractivity contribution >= 4 is 11.8 Å². The van der Waals surface area contributed by atoms with E-state index in [-0.39, 0.29) is 0 Å². The molecule has 3 atom stereocenters. The van der Waals surface area contributed by atoms with Crippen molar-refractivity contribution in [2.45, 2.75) is 44.0 Å². The van der Waals surface area contributed by atoms with Gasteiger partial charge in [-0.15, -0.1) is 0 Å². The van der Waals surface area contributed by atoms with Crippen LogP contribution in [0.3, 0.4) is 0 Å². The molecule has 1 fully saturated rings. The van der Waals surface area contributed by atoms with Crippen LogP contribution in [0.15, 0.2) is 12.4 Å². The summed E-state index contributed by atoms with van der Waals surface area (Å²) in [5.74, 6) is 2.31. The van der Waals surface area contributed by atoms with Crippen LogP contribution < -0.4 is 5.32 Å². The van der Waals surface area contributed by atoms with Crippen molar-refractivity contribution in [2.75, 3.05) is 5.75 Å². The summed E-state index contributed by atoms with van der Waals surface area (Å²) in [7, 11) is 0. The first-order valence-corrected chi connectivity index (χ1v) is 6.71. The van der Waals surface area contributed by atoms with Gasteiger partial charge in [0.2, 0.25) is 0 Å². The first-order valence-electron chi connectivity index (χ1n) is 5.66. The van der Waals surface area contributed by atoms with Crippen molar-refractivity contribution < 1.29 is 0 Å². The monoisotopic (exact) mass is 225 g/mol. The Labute approximate surface area is 95.4 Å². The van der Waals surface area contributed by atoms with E-state index < -0.39 is 0 Å². The summed E-state index contributed by atoms with van der Waals surface area (Å²) in [4.78, 5) is 7.52. The van der Waals surface area contributed by atoms with Crippen LogP contribution in [0, 0.1) is 0 Å². The van der Waals surface area contributed by atoms with Crippen LogP contribution in [0.4, 0.5) is 0 Å². The molecule has 2 rings (SSSR count). The number of H-pyrrole nitrogens is 1. The van der Waals surface area contributed by atoms with E-state index in [4.69, 9.17) is 0 Å². The number of nitrogens with zero attached hydrogens (tertiary/aromatic N) is 1. The van der Waals surface area contributed by atoms with Crippen molar-refractivity contribution in [3.63, 3.8) is 0 Å². The maximum absolute atomic E-state index is 4.32. The third kappa shape index (κ3) is 2.75. The largest absolute Gasteiger partial charge is 0.347 e. The second kappa shape index (κ2) is 5.03. The molecule has 0 bridgehead atoms. The number of hydrogen-bond donors (Lipinski definition) is 2. The fourth-order valence-electron chi connectivity index (χ4n) is 2.08. The average Bonchev–Trinajstić information content (AvgIpc) is 2.85. The van der Waals surface area contributed by atoms with Gasteiger partial charge in [-0.25, -0.2) is 4.98 Å². The third-order valence-electron chi connectivity index (χ3n) is 2.89. The van der Waals surface area contributed by atoms with Gasteiger partial charge in [-0.05, 0) is 12.8 Å².